The van der Waals surface area contributed by atoms with Crippen LogP contribution in [0.4, 0.5) is 13.2 Å². The summed E-state index contributed by atoms with van der Waals surface area (Å²) in [5, 5.41) is 13.2. The van der Waals surface area contributed by atoms with Crippen LogP contribution in [0, 0.1) is 0 Å². The van der Waals surface area contributed by atoms with E-state index in [9.17, 15) is 32.7 Å². The predicted molar refractivity (Wildman–Crippen MR) is 120 cm³/mol. The fourth-order valence-electron chi connectivity index (χ4n) is 4.33. The Hall–Kier alpha value is -4.67. The van der Waals surface area contributed by atoms with Gasteiger partial charge in [-0.05, 0) is 35.9 Å². The number of rotatable bonds is 5. The number of carbonyl (C=O) groups excluding carboxylic acids is 2. The molecule has 1 aliphatic rings. The first-order valence-electron chi connectivity index (χ1n) is 10.6. The Bertz CT molecular complexity index is 1540. The molecule has 0 unspecified atom stereocenters. The summed E-state index contributed by atoms with van der Waals surface area (Å²) in [5.41, 5.74) is -1.64. The van der Waals surface area contributed by atoms with E-state index in [1.54, 1.807) is 24.3 Å². The van der Waals surface area contributed by atoms with Crippen LogP contribution in [0.2, 0.25) is 0 Å². The second-order valence-electron chi connectivity index (χ2n) is 8.03. The van der Waals surface area contributed by atoms with Crippen molar-refractivity contribution in [2.75, 3.05) is 7.11 Å². The van der Waals surface area contributed by atoms with Crippen LogP contribution in [-0.4, -0.2) is 44.7 Å². The van der Waals surface area contributed by atoms with Crippen LogP contribution in [0.1, 0.15) is 42.3 Å². The first-order valence-corrected chi connectivity index (χ1v) is 10.6. The molecule has 5 rings (SSSR count). The maximum atomic E-state index is 13.8. The Morgan fingerprint density at radius 3 is 2.28 bits per heavy atom. The van der Waals surface area contributed by atoms with E-state index in [4.69, 9.17) is 4.74 Å². The number of alkyl halides is 3. The van der Waals surface area contributed by atoms with E-state index in [1.807, 2.05) is 0 Å². The van der Waals surface area contributed by atoms with Crippen molar-refractivity contribution < 1.29 is 37.4 Å². The Morgan fingerprint density at radius 1 is 1.00 bits per heavy atom. The fourth-order valence-corrected chi connectivity index (χ4v) is 4.33. The molecule has 0 fully saturated rings. The number of carboxylic acids is 1. The summed E-state index contributed by atoms with van der Waals surface area (Å²) in [7, 11) is 1.52. The molecule has 36 heavy (non-hydrogen) atoms. The molecule has 4 aromatic rings. The topological polar surface area (TPSA) is 102 Å². The molecule has 0 spiro atoms. The summed E-state index contributed by atoms with van der Waals surface area (Å²) < 4.78 is 47.0. The van der Waals surface area contributed by atoms with E-state index in [0.29, 0.717) is 22.2 Å². The fraction of sp³-hybridized carbons (Fsp3) is 0.120. The number of methoxy groups -OCH3 is 1. The number of aromatic nitrogens is 2. The molecule has 1 aliphatic heterocycles. The largest absolute Gasteiger partial charge is 0.497 e. The highest BCUT2D eigenvalue weighted by Crippen LogP contribution is 2.38. The maximum absolute atomic E-state index is 13.8. The first-order chi connectivity index (χ1) is 17.1. The summed E-state index contributed by atoms with van der Waals surface area (Å²) in [4.78, 5) is 39.1. The zero-order chi connectivity index (χ0) is 25.8. The average molecular weight is 495 g/mol. The van der Waals surface area contributed by atoms with E-state index < -0.39 is 35.2 Å². The molecule has 182 valence electrons. The normalized spacial score (nSPS) is 13.4. The summed E-state index contributed by atoms with van der Waals surface area (Å²) in [6, 6.07) is 13.8. The first kappa shape index (κ1) is 23.1. The number of nitrogens with zero attached hydrogens (tertiary/aromatic N) is 3. The smallest absolute Gasteiger partial charge is 0.434 e. The summed E-state index contributed by atoms with van der Waals surface area (Å²) in [6.07, 6.45) is -4.40. The Labute approximate surface area is 201 Å². The molecule has 0 saturated heterocycles. The molecule has 1 N–H and O–H groups in total. The minimum Gasteiger partial charge on any atom is -0.497 e. The quantitative estimate of drug-likeness (QED) is 0.408. The van der Waals surface area contributed by atoms with Gasteiger partial charge in [0.1, 0.15) is 11.3 Å². The number of benzene rings is 3. The SMILES string of the molecule is COc1ccc(CN2C(=O)c3cccc4c(-n5ncc(C(=O)O)c5C(F)(F)F)ccc(c34)C2=O)cc1. The van der Waals surface area contributed by atoms with Crippen LogP contribution in [0.3, 0.4) is 0 Å². The minimum atomic E-state index is -5.02. The van der Waals surface area contributed by atoms with E-state index >= 15 is 0 Å². The monoisotopic (exact) mass is 495 g/mol. The molecule has 2 amide bonds. The highest BCUT2D eigenvalue weighted by molar-refractivity contribution is 6.26. The van der Waals surface area contributed by atoms with Crippen LogP contribution < -0.4 is 4.74 Å². The highest BCUT2D eigenvalue weighted by Gasteiger charge is 2.41. The van der Waals surface area contributed by atoms with Gasteiger partial charge in [-0.15, -0.1) is 0 Å². The molecule has 0 saturated carbocycles. The second-order valence-corrected chi connectivity index (χ2v) is 8.03. The zero-order valence-electron chi connectivity index (χ0n) is 18.5. The molecular formula is C25H16F3N3O5. The van der Waals surface area contributed by atoms with Crippen LogP contribution in [0.5, 0.6) is 5.75 Å². The van der Waals surface area contributed by atoms with Crippen LogP contribution in [0.15, 0.2) is 60.8 Å². The predicted octanol–water partition coefficient (Wildman–Crippen LogP) is 4.55. The van der Waals surface area contributed by atoms with Gasteiger partial charge in [-0.2, -0.15) is 18.3 Å². The van der Waals surface area contributed by atoms with Crippen molar-refractivity contribution in [3.8, 4) is 11.4 Å². The standard InChI is InChI=1S/C25H16F3N3O5/c1-36-14-7-5-13(6-8-14)12-30-22(32)16-4-2-3-15-19(10-9-17(20(15)16)23(30)33)31-21(25(26,27)28)18(11-29-31)24(34)35/h2-11H,12H2,1H3,(H,34,35). The van der Waals surface area contributed by atoms with Gasteiger partial charge in [-0.25, -0.2) is 9.48 Å². The van der Waals surface area contributed by atoms with Gasteiger partial charge in [0.05, 0.1) is 25.5 Å². The van der Waals surface area contributed by atoms with Crippen molar-refractivity contribution in [1.82, 2.24) is 14.7 Å². The molecule has 0 bridgehead atoms. The number of hydrogen-bond acceptors (Lipinski definition) is 5. The van der Waals surface area contributed by atoms with Crippen molar-refractivity contribution in [3.05, 3.63) is 88.7 Å². The third kappa shape index (κ3) is 3.56. The number of aromatic carboxylic acids is 1. The molecule has 8 nitrogen and oxygen atoms in total. The lowest BCUT2D eigenvalue weighted by Gasteiger charge is -2.28. The number of imide groups is 1. The Balaban J connectivity index is 1.64. The lowest BCUT2D eigenvalue weighted by molar-refractivity contribution is -0.143. The molecule has 1 aromatic heterocycles. The molecule has 2 heterocycles. The van der Waals surface area contributed by atoms with Crippen LogP contribution >= 0.6 is 0 Å². The molecule has 0 atom stereocenters. The number of amides is 2. The van der Waals surface area contributed by atoms with Crippen LogP contribution in [-0.2, 0) is 12.7 Å². The number of hydrogen-bond donors (Lipinski definition) is 1. The maximum Gasteiger partial charge on any atom is 0.434 e. The number of carbonyl (C=O) groups is 3. The Morgan fingerprint density at radius 2 is 1.67 bits per heavy atom. The second kappa shape index (κ2) is 8.22. The third-order valence-electron chi connectivity index (χ3n) is 5.96. The molecular weight excluding hydrogens is 479 g/mol. The van der Waals surface area contributed by atoms with Crippen molar-refractivity contribution in [3.63, 3.8) is 0 Å². The number of carboxylic acid groups (broad SMARTS) is 1. The minimum absolute atomic E-state index is 0.0153. The van der Waals surface area contributed by atoms with E-state index in [-0.39, 0.29) is 34.1 Å². The third-order valence-corrected chi connectivity index (χ3v) is 5.96. The summed E-state index contributed by atoms with van der Waals surface area (Å²) in [6.45, 7) is -0.0153. The van der Waals surface area contributed by atoms with Crippen molar-refractivity contribution in [2.24, 2.45) is 0 Å². The average Bonchev–Trinajstić information content (AvgIpc) is 3.31. The lowest BCUT2D eigenvalue weighted by Crippen LogP contribution is -2.39. The van der Waals surface area contributed by atoms with Gasteiger partial charge in [-0.1, -0.05) is 24.3 Å². The molecule has 11 heteroatoms. The van der Waals surface area contributed by atoms with Gasteiger partial charge in [0.15, 0.2) is 5.69 Å². The summed E-state index contributed by atoms with van der Waals surface area (Å²) in [5.74, 6) is -2.38. The van der Waals surface area contributed by atoms with E-state index in [1.165, 1.54) is 37.4 Å². The van der Waals surface area contributed by atoms with Crippen molar-refractivity contribution in [1.29, 1.82) is 0 Å². The highest BCUT2D eigenvalue weighted by atomic mass is 19.4. The van der Waals surface area contributed by atoms with Crippen molar-refractivity contribution >= 4 is 28.6 Å². The van der Waals surface area contributed by atoms with E-state index in [2.05, 4.69) is 5.10 Å². The number of ether oxygens (including phenoxy) is 1. The van der Waals surface area contributed by atoms with Gasteiger partial charge in [0, 0.05) is 21.9 Å². The van der Waals surface area contributed by atoms with Gasteiger partial charge in [0.2, 0.25) is 0 Å². The number of halogens is 3. The van der Waals surface area contributed by atoms with Crippen molar-refractivity contribution in [2.45, 2.75) is 12.7 Å². The van der Waals surface area contributed by atoms with Gasteiger partial charge < -0.3 is 9.84 Å². The van der Waals surface area contributed by atoms with Gasteiger partial charge in [-0.3, -0.25) is 14.5 Å². The molecule has 0 radical (unpaired) electrons. The van der Waals surface area contributed by atoms with Crippen LogP contribution in [0.25, 0.3) is 16.5 Å². The Kier molecular flexibility index (Phi) is 5.27. The van der Waals surface area contributed by atoms with Gasteiger partial charge >= 0.3 is 12.1 Å². The molecule has 3 aromatic carbocycles. The van der Waals surface area contributed by atoms with Gasteiger partial charge in [0.25, 0.3) is 11.8 Å². The lowest BCUT2D eigenvalue weighted by atomic mass is 9.92. The zero-order valence-corrected chi connectivity index (χ0v) is 18.5. The van der Waals surface area contributed by atoms with E-state index in [0.717, 1.165) is 4.90 Å². The summed E-state index contributed by atoms with van der Waals surface area (Å²) >= 11 is 0. The molecule has 0 aliphatic carbocycles.